The van der Waals surface area contributed by atoms with Crippen LogP contribution < -0.4 is 20.7 Å². The van der Waals surface area contributed by atoms with E-state index >= 15 is 0 Å². The lowest BCUT2D eigenvalue weighted by atomic mass is 10.0. The number of nitrogens with two attached hydrogens (primary N) is 1. The van der Waals surface area contributed by atoms with Crippen LogP contribution in [0.5, 0.6) is 11.5 Å². The van der Waals surface area contributed by atoms with E-state index in [-0.39, 0.29) is 0 Å². The fraction of sp³-hybridized carbons (Fsp3) is 0.143. The summed E-state index contributed by atoms with van der Waals surface area (Å²) in [6, 6.07) is 13.5. The van der Waals surface area contributed by atoms with Gasteiger partial charge in [-0.3, -0.25) is 5.84 Å². The molecule has 2 aromatic rings. The summed E-state index contributed by atoms with van der Waals surface area (Å²) < 4.78 is 10.5. The van der Waals surface area contributed by atoms with Crippen LogP contribution in [0.15, 0.2) is 42.5 Å². The van der Waals surface area contributed by atoms with E-state index in [0.29, 0.717) is 0 Å². The highest BCUT2D eigenvalue weighted by atomic mass is 16.5. The van der Waals surface area contributed by atoms with Crippen molar-refractivity contribution in [3.05, 3.63) is 42.5 Å². The van der Waals surface area contributed by atoms with Crippen LogP contribution in [0.25, 0.3) is 11.1 Å². The maximum Gasteiger partial charge on any atom is 0.119 e. The first-order valence-corrected chi connectivity index (χ1v) is 5.57. The van der Waals surface area contributed by atoms with Crippen molar-refractivity contribution in [2.24, 2.45) is 5.84 Å². The van der Waals surface area contributed by atoms with Crippen LogP contribution >= 0.6 is 0 Å². The molecular formula is C14H16N2O2. The Kier molecular flexibility index (Phi) is 3.69. The number of ether oxygens (including phenoxy) is 2. The molecule has 18 heavy (non-hydrogen) atoms. The van der Waals surface area contributed by atoms with Crippen molar-refractivity contribution < 1.29 is 9.47 Å². The molecule has 0 saturated carbocycles. The summed E-state index contributed by atoms with van der Waals surface area (Å²) in [5.74, 6) is 7.12. The van der Waals surface area contributed by atoms with E-state index in [0.717, 1.165) is 28.3 Å². The molecule has 3 N–H and O–H groups in total. The summed E-state index contributed by atoms with van der Waals surface area (Å²) in [5.41, 5.74) is 5.51. The molecule has 0 aromatic heterocycles. The Morgan fingerprint density at radius 2 is 1.67 bits per heavy atom. The number of hydrogen-bond donors (Lipinski definition) is 2. The fourth-order valence-electron chi connectivity index (χ4n) is 1.81. The van der Waals surface area contributed by atoms with Gasteiger partial charge in [0.1, 0.15) is 11.5 Å². The molecule has 4 heteroatoms. The standard InChI is InChI=1S/C14H16N2O2/c1-17-11-5-3-4-10(8-11)13-9-12(18-2)6-7-14(13)16-15/h3-9,16H,15H2,1-2H3. The Morgan fingerprint density at radius 1 is 0.944 bits per heavy atom. The lowest BCUT2D eigenvalue weighted by Gasteiger charge is -2.12. The lowest BCUT2D eigenvalue weighted by molar-refractivity contribution is 0.414. The zero-order chi connectivity index (χ0) is 13.0. The predicted molar refractivity (Wildman–Crippen MR) is 72.8 cm³/mol. The van der Waals surface area contributed by atoms with Crippen LogP contribution in [0.3, 0.4) is 0 Å². The molecule has 2 aromatic carbocycles. The van der Waals surface area contributed by atoms with Gasteiger partial charge < -0.3 is 14.9 Å². The second-order valence-electron chi connectivity index (χ2n) is 3.79. The van der Waals surface area contributed by atoms with Crippen LogP contribution in [-0.4, -0.2) is 14.2 Å². The van der Waals surface area contributed by atoms with Gasteiger partial charge in [0.15, 0.2) is 0 Å². The molecular weight excluding hydrogens is 228 g/mol. The van der Waals surface area contributed by atoms with Gasteiger partial charge in [0, 0.05) is 5.56 Å². The Balaban J connectivity index is 2.53. The first-order valence-electron chi connectivity index (χ1n) is 5.57. The highest BCUT2D eigenvalue weighted by Crippen LogP contribution is 2.32. The minimum absolute atomic E-state index is 0.784. The third-order valence-electron chi connectivity index (χ3n) is 2.76. The van der Waals surface area contributed by atoms with Gasteiger partial charge in [0.25, 0.3) is 0 Å². The van der Waals surface area contributed by atoms with Crippen molar-refractivity contribution >= 4 is 5.69 Å². The van der Waals surface area contributed by atoms with Gasteiger partial charge in [0.2, 0.25) is 0 Å². The van der Waals surface area contributed by atoms with Crippen molar-refractivity contribution in [3.63, 3.8) is 0 Å². The summed E-state index contributed by atoms with van der Waals surface area (Å²) in [5, 5.41) is 0. The van der Waals surface area contributed by atoms with Gasteiger partial charge in [-0.05, 0) is 35.9 Å². The molecule has 0 aliphatic carbocycles. The third kappa shape index (κ3) is 2.38. The summed E-state index contributed by atoms with van der Waals surface area (Å²) in [6.45, 7) is 0. The van der Waals surface area contributed by atoms with Gasteiger partial charge in [0.05, 0.1) is 19.9 Å². The lowest BCUT2D eigenvalue weighted by Crippen LogP contribution is -2.08. The summed E-state index contributed by atoms with van der Waals surface area (Å²) in [6.07, 6.45) is 0. The average molecular weight is 244 g/mol. The second kappa shape index (κ2) is 5.42. The molecule has 0 radical (unpaired) electrons. The van der Waals surface area contributed by atoms with Crippen LogP contribution in [-0.2, 0) is 0 Å². The largest absolute Gasteiger partial charge is 0.497 e. The quantitative estimate of drug-likeness (QED) is 0.641. The molecule has 0 spiro atoms. The summed E-state index contributed by atoms with van der Waals surface area (Å²) >= 11 is 0. The molecule has 0 bridgehead atoms. The minimum atomic E-state index is 0.784. The van der Waals surface area contributed by atoms with E-state index in [2.05, 4.69) is 5.43 Å². The number of benzene rings is 2. The van der Waals surface area contributed by atoms with E-state index in [1.165, 1.54) is 0 Å². The number of hydrogen-bond acceptors (Lipinski definition) is 4. The minimum Gasteiger partial charge on any atom is -0.497 e. The fourth-order valence-corrected chi connectivity index (χ4v) is 1.81. The predicted octanol–water partition coefficient (Wildman–Crippen LogP) is 2.66. The molecule has 0 heterocycles. The third-order valence-corrected chi connectivity index (χ3v) is 2.76. The number of nitrogen functional groups attached to an aromatic ring is 1. The summed E-state index contributed by atoms with van der Waals surface area (Å²) in [4.78, 5) is 0. The first kappa shape index (κ1) is 12.3. The van der Waals surface area contributed by atoms with Crippen molar-refractivity contribution in [2.45, 2.75) is 0 Å². The van der Waals surface area contributed by atoms with Gasteiger partial charge in [-0.25, -0.2) is 0 Å². The smallest absolute Gasteiger partial charge is 0.119 e. The van der Waals surface area contributed by atoms with Crippen molar-refractivity contribution in [2.75, 3.05) is 19.6 Å². The second-order valence-corrected chi connectivity index (χ2v) is 3.79. The van der Waals surface area contributed by atoms with Crippen LogP contribution in [0.2, 0.25) is 0 Å². The van der Waals surface area contributed by atoms with E-state index in [1.54, 1.807) is 14.2 Å². The molecule has 94 valence electrons. The number of hydrazine groups is 1. The first-order chi connectivity index (χ1) is 8.78. The Hall–Kier alpha value is -2.20. The van der Waals surface area contributed by atoms with E-state index in [1.807, 2.05) is 42.5 Å². The Labute approximate surface area is 106 Å². The van der Waals surface area contributed by atoms with Gasteiger partial charge >= 0.3 is 0 Å². The van der Waals surface area contributed by atoms with E-state index in [4.69, 9.17) is 15.3 Å². The monoisotopic (exact) mass is 244 g/mol. The van der Waals surface area contributed by atoms with Crippen LogP contribution in [0.4, 0.5) is 5.69 Å². The van der Waals surface area contributed by atoms with Gasteiger partial charge in [-0.1, -0.05) is 12.1 Å². The van der Waals surface area contributed by atoms with Crippen molar-refractivity contribution in [1.29, 1.82) is 0 Å². The SMILES string of the molecule is COc1cccc(-c2cc(OC)ccc2NN)c1. The average Bonchev–Trinajstić information content (AvgIpc) is 2.46. The van der Waals surface area contributed by atoms with Crippen molar-refractivity contribution in [3.8, 4) is 22.6 Å². The molecule has 0 saturated heterocycles. The van der Waals surface area contributed by atoms with E-state index < -0.39 is 0 Å². The maximum atomic E-state index is 5.53. The number of methoxy groups -OCH3 is 2. The molecule has 0 unspecified atom stereocenters. The Bertz CT molecular complexity index is 541. The molecule has 0 amide bonds. The molecule has 2 rings (SSSR count). The van der Waals surface area contributed by atoms with Crippen molar-refractivity contribution in [1.82, 2.24) is 0 Å². The topological polar surface area (TPSA) is 56.5 Å². The Morgan fingerprint density at radius 3 is 2.33 bits per heavy atom. The molecule has 0 aliphatic heterocycles. The number of rotatable bonds is 4. The number of nitrogens with one attached hydrogen (secondary N) is 1. The van der Waals surface area contributed by atoms with E-state index in [9.17, 15) is 0 Å². The highest BCUT2D eigenvalue weighted by Gasteiger charge is 2.07. The van der Waals surface area contributed by atoms with Gasteiger partial charge in [-0.15, -0.1) is 0 Å². The normalized spacial score (nSPS) is 9.94. The zero-order valence-electron chi connectivity index (χ0n) is 10.4. The number of anilines is 1. The summed E-state index contributed by atoms with van der Waals surface area (Å²) in [7, 11) is 3.28. The highest BCUT2D eigenvalue weighted by molar-refractivity contribution is 5.79. The zero-order valence-corrected chi connectivity index (χ0v) is 10.4. The molecule has 0 fully saturated rings. The molecule has 0 aliphatic rings. The molecule has 4 nitrogen and oxygen atoms in total. The van der Waals surface area contributed by atoms with Crippen LogP contribution in [0.1, 0.15) is 0 Å². The molecule has 0 atom stereocenters. The maximum absolute atomic E-state index is 5.53. The van der Waals surface area contributed by atoms with Gasteiger partial charge in [-0.2, -0.15) is 0 Å². The van der Waals surface area contributed by atoms with Crippen LogP contribution in [0, 0.1) is 0 Å².